The molecule has 1 aliphatic rings. The van der Waals surface area contributed by atoms with Crippen LogP contribution in [0.5, 0.6) is 0 Å². The molecule has 3 aromatic rings. The van der Waals surface area contributed by atoms with Crippen molar-refractivity contribution in [3.05, 3.63) is 58.7 Å². The molecular formula is C23H24ClN3O5S. The summed E-state index contributed by atoms with van der Waals surface area (Å²) in [4.78, 5) is 16.2. The Morgan fingerprint density at radius 3 is 2.82 bits per heavy atom. The van der Waals surface area contributed by atoms with Gasteiger partial charge in [0.15, 0.2) is 5.44 Å². The van der Waals surface area contributed by atoms with E-state index < -0.39 is 21.2 Å². The molecule has 2 aromatic carbocycles. The standard InChI is InChI=1S/C23H24ClN3O5S/c1-2-3-14-4-6-19(17(10-14)23(28)29)27-22-16-11-15(24)5-7-18(16)26-12-20(22)33(30,31)21-13-25-8-9-32-21/h4-7,10-12,21,25H,2-3,8-9,13H2,1H3,(H,26,27)(H,28,29). The van der Waals surface area contributed by atoms with Crippen molar-refractivity contribution in [3.63, 3.8) is 0 Å². The number of morpholine rings is 1. The Morgan fingerprint density at radius 2 is 2.12 bits per heavy atom. The van der Waals surface area contributed by atoms with Crippen LogP contribution in [0, 0.1) is 0 Å². The van der Waals surface area contributed by atoms with E-state index in [4.69, 9.17) is 16.3 Å². The molecule has 10 heteroatoms. The molecule has 2 heterocycles. The van der Waals surface area contributed by atoms with Gasteiger partial charge in [0.1, 0.15) is 4.90 Å². The monoisotopic (exact) mass is 489 g/mol. The first-order chi connectivity index (χ1) is 15.8. The predicted octanol–water partition coefficient (Wildman–Crippen LogP) is 4.00. The van der Waals surface area contributed by atoms with Gasteiger partial charge in [0, 0.05) is 29.7 Å². The van der Waals surface area contributed by atoms with Gasteiger partial charge in [0.25, 0.3) is 0 Å². The molecule has 4 rings (SSSR count). The number of carboxylic acid groups (broad SMARTS) is 1. The van der Waals surface area contributed by atoms with Gasteiger partial charge in [0.2, 0.25) is 9.84 Å². The van der Waals surface area contributed by atoms with Crippen molar-refractivity contribution >= 4 is 49.7 Å². The topological polar surface area (TPSA) is 118 Å². The number of benzene rings is 2. The number of aromatic nitrogens is 1. The van der Waals surface area contributed by atoms with Gasteiger partial charge < -0.3 is 20.5 Å². The number of aromatic carboxylic acids is 1. The maximum Gasteiger partial charge on any atom is 0.337 e. The molecule has 1 unspecified atom stereocenters. The van der Waals surface area contributed by atoms with E-state index in [1.807, 2.05) is 13.0 Å². The molecule has 0 aliphatic carbocycles. The van der Waals surface area contributed by atoms with E-state index in [0.29, 0.717) is 22.5 Å². The Bertz CT molecular complexity index is 1310. The van der Waals surface area contributed by atoms with Gasteiger partial charge in [-0.25, -0.2) is 13.2 Å². The minimum Gasteiger partial charge on any atom is -0.478 e. The van der Waals surface area contributed by atoms with Crippen LogP contribution in [-0.4, -0.2) is 49.6 Å². The smallest absolute Gasteiger partial charge is 0.337 e. The number of halogens is 1. The molecule has 1 saturated heterocycles. The average Bonchev–Trinajstić information content (AvgIpc) is 2.80. The number of anilines is 2. The summed E-state index contributed by atoms with van der Waals surface area (Å²) in [5.41, 5.74) is 0.847. The highest BCUT2D eigenvalue weighted by molar-refractivity contribution is 7.92. The maximum absolute atomic E-state index is 13.5. The number of nitrogens with zero attached hydrogens (tertiary/aromatic N) is 1. The van der Waals surface area contributed by atoms with Crippen LogP contribution in [-0.2, 0) is 21.0 Å². The first kappa shape index (κ1) is 23.4. The molecule has 33 heavy (non-hydrogen) atoms. The first-order valence-corrected chi connectivity index (χ1v) is 12.5. The lowest BCUT2D eigenvalue weighted by Crippen LogP contribution is -2.43. The van der Waals surface area contributed by atoms with Gasteiger partial charge in [-0.2, -0.15) is 0 Å². The van der Waals surface area contributed by atoms with Crippen LogP contribution >= 0.6 is 11.6 Å². The van der Waals surface area contributed by atoms with Crippen molar-refractivity contribution in [1.82, 2.24) is 10.3 Å². The number of hydrogen-bond donors (Lipinski definition) is 3. The first-order valence-electron chi connectivity index (χ1n) is 10.6. The molecule has 0 amide bonds. The van der Waals surface area contributed by atoms with Gasteiger partial charge in [-0.05, 0) is 42.3 Å². The van der Waals surface area contributed by atoms with Gasteiger partial charge in [0.05, 0.1) is 29.1 Å². The Kier molecular flexibility index (Phi) is 6.85. The summed E-state index contributed by atoms with van der Waals surface area (Å²) in [5, 5.41) is 16.8. The van der Waals surface area contributed by atoms with E-state index in [-0.39, 0.29) is 35.0 Å². The molecule has 0 bridgehead atoms. The van der Waals surface area contributed by atoms with E-state index in [1.54, 1.807) is 30.3 Å². The number of pyridine rings is 1. The zero-order chi connectivity index (χ0) is 23.6. The van der Waals surface area contributed by atoms with Gasteiger partial charge in [-0.1, -0.05) is 31.0 Å². The summed E-state index contributed by atoms with van der Waals surface area (Å²) in [7, 11) is -3.97. The largest absolute Gasteiger partial charge is 0.478 e. The fourth-order valence-electron chi connectivity index (χ4n) is 3.83. The van der Waals surface area contributed by atoms with Crippen LogP contribution in [0.3, 0.4) is 0 Å². The molecule has 174 valence electrons. The molecule has 1 fully saturated rings. The van der Waals surface area contributed by atoms with Gasteiger partial charge in [-0.15, -0.1) is 0 Å². The minimum absolute atomic E-state index is 0.0480. The lowest BCUT2D eigenvalue weighted by molar-refractivity contribution is 0.0698. The van der Waals surface area contributed by atoms with Crippen LogP contribution in [0.25, 0.3) is 10.9 Å². The fraction of sp³-hybridized carbons (Fsp3) is 0.304. The molecule has 3 N–H and O–H groups in total. The third-order valence-corrected chi connectivity index (χ3v) is 7.61. The van der Waals surface area contributed by atoms with E-state index in [1.165, 1.54) is 6.20 Å². The number of aryl methyl sites for hydroxylation is 1. The summed E-state index contributed by atoms with van der Waals surface area (Å²) in [6.45, 7) is 2.98. The van der Waals surface area contributed by atoms with Crippen molar-refractivity contribution in [2.75, 3.05) is 25.0 Å². The molecular weight excluding hydrogens is 466 g/mol. The van der Waals surface area contributed by atoms with E-state index in [0.717, 1.165) is 18.4 Å². The maximum atomic E-state index is 13.5. The third-order valence-electron chi connectivity index (χ3n) is 5.45. The second-order valence-corrected chi connectivity index (χ2v) is 10.3. The van der Waals surface area contributed by atoms with Crippen LogP contribution in [0.4, 0.5) is 11.4 Å². The van der Waals surface area contributed by atoms with Crippen LogP contribution in [0.15, 0.2) is 47.5 Å². The van der Waals surface area contributed by atoms with E-state index in [9.17, 15) is 18.3 Å². The molecule has 0 radical (unpaired) electrons. The highest BCUT2D eigenvalue weighted by atomic mass is 35.5. The highest BCUT2D eigenvalue weighted by Gasteiger charge is 2.33. The predicted molar refractivity (Wildman–Crippen MR) is 127 cm³/mol. The summed E-state index contributed by atoms with van der Waals surface area (Å²) in [6.07, 6.45) is 2.88. The van der Waals surface area contributed by atoms with E-state index >= 15 is 0 Å². The quantitative estimate of drug-likeness (QED) is 0.455. The van der Waals surface area contributed by atoms with Crippen molar-refractivity contribution < 1.29 is 23.1 Å². The number of hydrogen-bond acceptors (Lipinski definition) is 7. The lowest BCUT2D eigenvalue weighted by Gasteiger charge is -2.25. The Morgan fingerprint density at radius 1 is 1.30 bits per heavy atom. The third kappa shape index (κ3) is 4.81. The zero-order valence-corrected chi connectivity index (χ0v) is 19.5. The number of carboxylic acids is 1. The number of carbonyl (C=O) groups is 1. The molecule has 0 saturated carbocycles. The summed E-state index contributed by atoms with van der Waals surface area (Å²) < 4.78 is 32.5. The van der Waals surface area contributed by atoms with E-state index in [2.05, 4.69) is 15.6 Å². The fourth-order valence-corrected chi connectivity index (χ4v) is 5.54. The molecule has 8 nitrogen and oxygen atoms in total. The molecule has 1 aliphatic heterocycles. The van der Waals surface area contributed by atoms with Gasteiger partial charge in [-0.3, -0.25) is 4.98 Å². The van der Waals surface area contributed by atoms with Crippen molar-refractivity contribution in [2.45, 2.75) is 30.1 Å². The molecule has 1 atom stereocenters. The Balaban J connectivity index is 1.90. The van der Waals surface area contributed by atoms with Crippen molar-refractivity contribution in [2.24, 2.45) is 0 Å². The average molecular weight is 490 g/mol. The second-order valence-electron chi connectivity index (χ2n) is 7.77. The highest BCUT2D eigenvalue weighted by Crippen LogP contribution is 2.36. The van der Waals surface area contributed by atoms with Crippen LogP contribution in [0.1, 0.15) is 29.3 Å². The van der Waals surface area contributed by atoms with Crippen molar-refractivity contribution in [3.8, 4) is 0 Å². The number of fused-ring (bicyclic) bond motifs is 1. The number of rotatable bonds is 7. The van der Waals surface area contributed by atoms with Crippen LogP contribution in [0.2, 0.25) is 5.02 Å². The number of nitrogens with one attached hydrogen (secondary N) is 2. The lowest BCUT2D eigenvalue weighted by atomic mass is 10.0. The Labute approximate surface area is 196 Å². The Hall–Kier alpha value is -2.72. The van der Waals surface area contributed by atoms with Crippen LogP contribution < -0.4 is 10.6 Å². The SMILES string of the molecule is CCCc1ccc(Nc2c(S(=O)(=O)C3CNCCO3)cnc3ccc(Cl)cc23)c(C(=O)O)c1. The minimum atomic E-state index is -3.97. The zero-order valence-electron chi connectivity index (χ0n) is 18.0. The molecule has 0 spiro atoms. The summed E-state index contributed by atoms with van der Waals surface area (Å²) >= 11 is 6.21. The number of ether oxygens (including phenoxy) is 1. The molecule has 1 aromatic heterocycles. The van der Waals surface area contributed by atoms with Crippen molar-refractivity contribution in [1.29, 1.82) is 0 Å². The van der Waals surface area contributed by atoms with Gasteiger partial charge >= 0.3 is 5.97 Å². The summed E-state index contributed by atoms with van der Waals surface area (Å²) in [5.74, 6) is -1.11. The second kappa shape index (κ2) is 9.64. The normalized spacial score (nSPS) is 16.6. The number of sulfone groups is 1. The summed E-state index contributed by atoms with van der Waals surface area (Å²) in [6, 6.07) is 10.0.